The van der Waals surface area contributed by atoms with E-state index in [2.05, 4.69) is 5.32 Å². The maximum absolute atomic E-state index is 11.3. The van der Waals surface area contributed by atoms with Gasteiger partial charge in [-0.05, 0) is 31.5 Å². The number of carbonyl (C=O) groups is 1. The van der Waals surface area contributed by atoms with E-state index in [9.17, 15) is 4.79 Å². The first kappa shape index (κ1) is 13.3. The highest BCUT2D eigenvalue weighted by Gasteiger charge is 2.08. The molecule has 0 aromatic heterocycles. The molecule has 0 fully saturated rings. The predicted molar refractivity (Wildman–Crippen MR) is 64.4 cm³/mol. The monoisotopic (exact) mass is 239 g/mol. The van der Waals surface area contributed by atoms with Crippen molar-refractivity contribution in [3.05, 3.63) is 23.8 Å². The summed E-state index contributed by atoms with van der Waals surface area (Å²) in [6, 6.07) is 5.45. The van der Waals surface area contributed by atoms with E-state index in [-0.39, 0.29) is 13.2 Å². The molecule has 0 radical (unpaired) electrons. The van der Waals surface area contributed by atoms with E-state index in [1.54, 1.807) is 6.07 Å². The molecular weight excluding hydrogens is 222 g/mol. The van der Waals surface area contributed by atoms with Gasteiger partial charge in [-0.1, -0.05) is 6.07 Å². The van der Waals surface area contributed by atoms with Crippen molar-refractivity contribution in [2.75, 3.05) is 25.1 Å². The normalized spacial score (nSPS) is 9.82. The zero-order valence-corrected chi connectivity index (χ0v) is 10.0. The Labute approximate surface area is 100 Å². The van der Waals surface area contributed by atoms with E-state index >= 15 is 0 Å². The number of rotatable bonds is 5. The minimum atomic E-state index is -0.608. The topological polar surface area (TPSA) is 67.8 Å². The quantitative estimate of drug-likeness (QED) is 0.824. The number of amides is 1. The summed E-state index contributed by atoms with van der Waals surface area (Å²) in [5, 5.41) is 11.1. The Morgan fingerprint density at radius 2 is 2.24 bits per heavy atom. The number of carbonyl (C=O) groups excluding carboxylic acids is 1. The number of anilines is 1. The van der Waals surface area contributed by atoms with Gasteiger partial charge in [-0.3, -0.25) is 5.32 Å². The van der Waals surface area contributed by atoms with Crippen molar-refractivity contribution in [2.24, 2.45) is 0 Å². The number of hydrogen-bond acceptors (Lipinski definition) is 4. The summed E-state index contributed by atoms with van der Waals surface area (Å²) in [6.07, 6.45) is -0.608. The van der Waals surface area contributed by atoms with Crippen LogP contribution in [0.15, 0.2) is 18.2 Å². The summed E-state index contributed by atoms with van der Waals surface area (Å²) in [6.45, 7) is 4.11. The summed E-state index contributed by atoms with van der Waals surface area (Å²) in [5.41, 5.74) is 1.60. The standard InChI is InChI=1S/C12H17NO4/c1-3-16-11-8-9(2)4-5-10(11)13-12(15)17-7-6-14/h4-5,8,14H,3,6-7H2,1-2H3,(H,13,15). The van der Waals surface area contributed by atoms with Crippen LogP contribution in [0.4, 0.5) is 10.5 Å². The second-order valence-electron chi connectivity index (χ2n) is 3.42. The molecule has 5 heteroatoms. The molecule has 0 aliphatic heterocycles. The summed E-state index contributed by atoms with van der Waals surface area (Å²) < 4.78 is 10.1. The Morgan fingerprint density at radius 1 is 1.47 bits per heavy atom. The highest BCUT2D eigenvalue weighted by Crippen LogP contribution is 2.25. The molecule has 1 amide bonds. The predicted octanol–water partition coefficient (Wildman–Crippen LogP) is 1.93. The van der Waals surface area contributed by atoms with Crippen LogP contribution < -0.4 is 10.1 Å². The highest BCUT2D eigenvalue weighted by atomic mass is 16.6. The summed E-state index contributed by atoms with van der Waals surface area (Å²) in [4.78, 5) is 11.3. The molecule has 5 nitrogen and oxygen atoms in total. The Bertz CT molecular complexity index is 379. The third-order valence-corrected chi connectivity index (χ3v) is 2.00. The van der Waals surface area contributed by atoms with Crippen molar-refractivity contribution >= 4 is 11.8 Å². The first-order chi connectivity index (χ1) is 8.17. The number of ether oxygens (including phenoxy) is 2. The van der Waals surface area contributed by atoms with Crippen molar-refractivity contribution in [1.29, 1.82) is 0 Å². The molecule has 0 aliphatic carbocycles. The molecule has 0 bridgehead atoms. The van der Waals surface area contributed by atoms with Crippen LogP contribution in [-0.4, -0.2) is 31.0 Å². The molecule has 2 N–H and O–H groups in total. The lowest BCUT2D eigenvalue weighted by Crippen LogP contribution is -2.16. The number of hydrogen-bond donors (Lipinski definition) is 2. The molecule has 0 atom stereocenters. The van der Waals surface area contributed by atoms with Gasteiger partial charge in [0.1, 0.15) is 12.4 Å². The Kier molecular flexibility index (Phi) is 5.29. The van der Waals surface area contributed by atoms with Gasteiger partial charge in [0.2, 0.25) is 0 Å². The molecule has 0 heterocycles. The smallest absolute Gasteiger partial charge is 0.411 e. The second-order valence-corrected chi connectivity index (χ2v) is 3.42. The molecular formula is C12H17NO4. The average Bonchev–Trinajstić information content (AvgIpc) is 2.30. The minimum absolute atomic E-state index is 0.0261. The molecule has 94 valence electrons. The first-order valence-corrected chi connectivity index (χ1v) is 5.45. The fraction of sp³-hybridized carbons (Fsp3) is 0.417. The second kappa shape index (κ2) is 6.75. The zero-order valence-electron chi connectivity index (χ0n) is 10.0. The molecule has 1 rings (SSSR count). The van der Waals surface area contributed by atoms with Gasteiger partial charge >= 0.3 is 6.09 Å². The van der Waals surface area contributed by atoms with Gasteiger partial charge in [0.25, 0.3) is 0 Å². The third-order valence-electron chi connectivity index (χ3n) is 2.00. The van der Waals surface area contributed by atoms with Crippen molar-refractivity contribution in [1.82, 2.24) is 0 Å². The van der Waals surface area contributed by atoms with Gasteiger partial charge in [-0.2, -0.15) is 0 Å². The van der Waals surface area contributed by atoms with Crippen LogP contribution in [-0.2, 0) is 4.74 Å². The number of benzene rings is 1. The van der Waals surface area contributed by atoms with Crippen LogP contribution in [0.2, 0.25) is 0 Å². The van der Waals surface area contributed by atoms with Crippen LogP contribution in [0, 0.1) is 6.92 Å². The van der Waals surface area contributed by atoms with Crippen LogP contribution in [0.1, 0.15) is 12.5 Å². The molecule has 0 spiro atoms. The molecule has 1 aromatic carbocycles. The van der Waals surface area contributed by atoms with Gasteiger partial charge in [-0.25, -0.2) is 4.79 Å². The van der Waals surface area contributed by atoms with Crippen LogP contribution in [0.25, 0.3) is 0 Å². The van der Waals surface area contributed by atoms with Crippen molar-refractivity contribution in [3.8, 4) is 5.75 Å². The van der Waals surface area contributed by atoms with Crippen LogP contribution >= 0.6 is 0 Å². The number of aliphatic hydroxyl groups is 1. The van der Waals surface area contributed by atoms with Crippen molar-refractivity contribution in [3.63, 3.8) is 0 Å². The molecule has 0 unspecified atom stereocenters. The minimum Gasteiger partial charge on any atom is -0.492 e. The molecule has 0 aliphatic rings. The largest absolute Gasteiger partial charge is 0.492 e. The third kappa shape index (κ3) is 4.32. The first-order valence-electron chi connectivity index (χ1n) is 5.45. The molecule has 0 saturated carbocycles. The van der Waals surface area contributed by atoms with Crippen LogP contribution in [0.3, 0.4) is 0 Å². The maximum atomic E-state index is 11.3. The zero-order chi connectivity index (χ0) is 12.7. The average molecular weight is 239 g/mol. The Hall–Kier alpha value is -1.75. The fourth-order valence-corrected chi connectivity index (χ4v) is 1.29. The Balaban J connectivity index is 2.72. The van der Waals surface area contributed by atoms with Crippen molar-refractivity contribution < 1.29 is 19.4 Å². The van der Waals surface area contributed by atoms with E-state index < -0.39 is 6.09 Å². The SMILES string of the molecule is CCOc1cc(C)ccc1NC(=O)OCCO. The molecule has 0 saturated heterocycles. The molecule has 1 aromatic rings. The molecule has 17 heavy (non-hydrogen) atoms. The lowest BCUT2D eigenvalue weighted by molar-refractivity contribution is 0.131. The number of nitrogens with one attached hydrogen (secondary N) is 1. The van der Waals surface area contributed by atoms with Crippen LogP contribution in [0.5, 0.6) is 5.75 Å². The van der Waals surface area contributed by atoms with E-state index in [1.165, 1.54) is 0 Å². The fourth-order valence-electron chi connectivity index (χ4n) is 1.29. The van der Waals surface area contributed by atoms with E-state index in [4.69, 9.17) is 14.6 Å². The van der Waals surface area contributed by atoms with Gasteiger partial charge in [0.15, 0.2) is 0 Å². The summed E-state index contributed by atoms with van der Waals surface area (Å²) >= 11 is 0. The number of aliphatic hydroxyl groups excluding tert-OH is 1. The Morgan fingerprint density at radius 3 is 2.88 bits per heavy atom. The number of aryl methyl sites for hydroxylation is 1. The van der Waals surface area contributed by atoms with Gasteiger partial charge in [-0.15, -0.1) is 0 Å². The summed E-state index contributed by atoms with van der Waals surface area (Å²) in [7, 11) is 0. The van der Waals surface area contributed by atoms with E-state index in [0.29, 0.717) is 18.0 Å². The van der Waals surface area contributed by atoms with E-state index in [0.717, 1.165) is 5.56 Å². The lowest BCUT2D eigenvalue weighted by Gasteiger charge is -2.12. The highest BCUT2D eigenvalue weighted by molar-refractivity contribution is 5.86. The maximum Gasteiger partial charge on any atom is 0.411 e. The van der Waals surface area contributed by atoms with E-state index in [1.807, 2.05) is 26.0 Å². The summed E-state index contributed by atoms with van der Waals surface area (Å²) in [5.74, 6) is 0.605. The van der Waals surface area contributed by atoms with Gasteiger partial charge in [0.05, 0.1) is 18.9 Å². The van der Waals surface area contributed by atoms with Crippen molar-refractivity contribution in [2.45, 2.75) is 13.8 Å². The van der Waals surface area contributed by atoms with Gasteiger partial charge in [0, 0.05) is 0 Å². The van der Waals surface area contributed by atoms with Gasteiger partial charge < -0.3 is 14.6 Å². The lowest BCUT2D eigenvalue weighted by atomic mass is 10.2.